The summed E-state index contributed by atoms with van der Waals surface area (Å²) < 4.78 is 65.2. The summed E-state index contributed by atoms with van der Waals surface area (Å²) in [6.45, 7) is 10.9. The number of aliphatic hydroxyl groups excluding tert-OH is 2. The van der Waals surface area contributed by atoms with Gasteiger partial charge in [-0.05, 0) is 139 Å². The van der Waals surface area contributed by atoms with E-state index in [1.165, 1.54) is 24.1 Å². The first-order valence-corrected chi connectivity index (χ1v) is 26.3. The molecule has 408 valence electrons. The Hall–Kier alpha value is -4.23. The number of cyclic esters (lactones) is 1. The molecule has 73 heavy (non-hydrogen) atoms. The summed E-state index contributed by atoms with van der Waals surface area (Å²) in [5.74, 6) is -7.26. The average molecular weight is 1030 g/mol. The molecular formula is C56H82F3N3O11. The summed E-state index contributed by atoms with van der Waals surface area (Å²) in [7, 11) is 2.95. The number of nitrogens with one attached hydrogen (secondary N) is 1. The molecule has 2 saturated heterocycles. The van der Waals surface area contributed by atoms with Crippen molar-refractivity contribution in [3.63, 3.8) is 0 Å². The molecule has 1 aliphatic carbocycles. The molecule has 1 aromatic rings. The van der Waals surface area contributed by atoms with E-state index in [2.05, 4.69) is 5.32 Å². The number of amides is 1. The second-order valence-electron chi connectivity index (χ2n) is 21.4. The number of hydrogen-bond acceptors (Lipinski definition) is 13. The van der Waals surface area contributed by atoms with Crippen LogP contribution in [0.1, 0.15) is 131 Å². The number of carbonyl (C=O) groups is 4. The molecule has 0 radical (unpaired) electrons. The third-order valence-corrected chi connectivity index (χ3v) is 15.6. The number of rotatable bonds is 7. The summed E-state index contributed by atoms with van der Waals surface area (Å²) in [5.41, 5.74) is 7.16. The molecule has 5 rings (SSSR count). The first-order chi connectivity index (χ1) is 34.5. The largest absolute Gasteiger partial charge is 0.461 e. The van der Waals surface area contributed by atoms with E-state index in [1.54, 1.807) is 59.1 Å². The van der Waals surface area contributed by atoms with Gasteiger partial charge in [0.15, 0.2) is 5.78 Å². The van der Waals surface area contributed by atoms with Crippen LogP contribution in [-0.4, -0.2) is 125 Å². The van der Waals surface area contributed by atoms with Gasteiger partial charge in [0.1, 0.15) is 24.4 Å². The van der Waals surface area contributed by atoms with Crippen molar-refractivity contribution in [1.29, 1.82) is 0 Å². The second-order valence-corrected chi connectivity index (χ2v) is 21.4. The predicted molar refractivity (Wildman–Crippen MR) is 272 cm³/mol. The number of nitrogens with zero attached hydrogens (tertiary/aromatic N) is 1. The van der Waals surface area contributed by atoms with Gasteiger partial charge in [-0.25, -0.2) is 4.79 Å². The molecule has 3 fully saturated rings. The minimum atomic E-state index is -4.59. The van der Waals surface area contributed by atoms with Crippen molar-refractivity contribution < 1.29 is 66.6 Å². The fourth-order valence-corrected chi connectivity index (χ4v) is 11.0. The van der Waals surface area contributed by atoms with Crippen molar-refractivity contribution in [1.82, 2.24) is 4.90 Å². The van der Waals surface area contributed by atoms with Gasteiger partial charge in [-0.1, -0.05) is 75.8 Å². The quantitative estimate of drug-likeness (QED) is 0.0994. The number of ether oxygens (including phenoxy) is 4. The Bertz CT molecular complexity index is 2150. The maximum Gasteiger partial charge on any atom is 0.416 e. The van der Waals surface area contributed by atoms with E-state index in [-0.39, 0.29) is 61.1 Å². The standard InChI is InChI=1S/C56H82F3N3O11/c1-33-15-10-9-11-16-34(2)44(61-42-18-14-17-40(31-42)56(57,58)59)32-43-23-20-38(6)55(69,73-43)52(66)53(67)62-26-13-12-19-45(62)54(68)72-47(35(3)28-39-21-24-46(63)48(30-39)70-7)25-22-41(60)29-37(5)50(65)51(71-8)49(64)36(4)27-33/h9-11,14-18,29,31,33,35-36,38-39,41,43-48,50-51,61,63,65,69H,12-13,19-28,30,32,60H2,1-8H3/b11-9+,15-10+,34-16+,37-29+/t33-,35-,36-,38-,39?,41+,43+,44+,45+,46-,47+,48-,50-,51+,55-/m1/s1. The fourth-order valence-electron chi connectivity index (χ4n) is 11.0. The Morgan fingerprint density at radius 1 is 0.904 bits per heavy atom. The Morgan fingerprint density at radius 2 is 1.64 bits per heavy atom. The van der Waals surface area contributed by atoms with Crippen molar-refractivity contribution in [3.8, 4) is 0 Å². The van der Waals surface area contributed by atoms with E-state index >= 15 is 0 Å². The first kappa shape index (κ1) is 59.6. The number of Topliss-reactive ketones (excluding diaryl/α,β-unsaturated/α-hetero) is 2. The van der Waals surface area contributed by atoms with E-state index < -0.39 is 95.7 Å². The maximum absolute atomic E-state index is 14.5. The molecule has 17 heteroatoms. The van der Waals surface area contributed by atoms with E-state index in [4.69, 9.17) is 24.7 Å². The molecule has 3 heterocycles. The van der Waals surface area contributed by atoms with E-state index in [0.717, 1.165) is 18.6 Å². The van der Waals surface area contributed by atoms with Crippen LogP contribution in [0.25, 0.3) is 0 Å². The van der Waals surface area contributed by atoms with Crippen LogP contribution in [0.15, 0.2) is 71.9 Å². The predicted octanol–water partition coefficient (Wildman–Crippen LogP) is 8.18. The highest BCUT2D eigenvalue weighted by Gasteiger charge is 2.53. The highest BCUT2D eigenvalue weighted by atomic mass is 19.4. The highest BCUT2D eigenvalue weighted by Crippen LogP contribution is 2.38. The zero-order valence-electron chi connectivity index (χ0n) is 44.0. The Labute approximate surface area is 430 Å². The van der Waals surface area contributed by atoms with Crippen LogP contribution in [0.4, 0.5) is 18.9 Å². The van der Waals surface area contributed by atoms with Crippen molar-refractivity contribution in [3.05, 3.63) is 77.4 Å². The lowest BCUT2D eigenvalue weighted by atomic mass is 9.78. The summed E-state index contributed by atoms with van der Waals surface area (Å²) in [6, 6.07) is 2.37. The number of anilines is 1. The second kappa shape index (κ2) is 27.0. The van der Waals surface area contributed by atoms with Gasteiger partial charge in [-0.2, -0.15) is 13.2 Å². The van der Waals surface area contributed by atoms with Gasteiger partial charge in [0.25, 0.3) is 11.7 Å². The fraction of sp³-hybridized carbons (Fsp3) is 0.679. The van der Waals surface area contributed by atoms with Crippen LogP contribution >= 0.6 is 0 Å². The maximum atomic E-state index is 14.5. The van der Waals surface area contributed by atoms with E-state index in [9.17, 15) is 47.7 Å². The lowest BCUT2D eigenvalue weighted by Gasteiger charge is -2.43. The van der Waals surface area contributed by atoms with Gasteiger partial charge >= 0.3 is 12.1 Å². The molecule has 1 saturated carbocycles. The van der Waals surface area contributed by atoms with Crippen LogP contribution in [0.3, 0.4) is 0 Å². The molecule has 1 unspecified atom stereocenters. The van der Waals surface area contributed by atoms with Gasteiger partial charge < -0.3 is 50.2 Å². The van der Waals surface area contributed by atoms with E-state index in [0.29, 0.717) is 68.9 Å². The normalized spacial score (nSPS) is 37.4. The van der Waals surface area contributed by atoms with Crippen LogP contribution in [0.2, 0.25) is 0 Å². The number of hydrogen-bond donors (Lipinski definition) is 5. The number of allylic oxidation sites excluding steroid dienone is 5. The monoisotopic (exact) mass is 1030 g/mol. The van der Waals surface area contributed by atoms with Gasteiger partial charge in [0, 0.05) is 50.4 Å². The summed E-state index contributed by atoms with van der Waals surface area (Å²) in [6.07, 6.45) is 7.00. The minimum absolute atomic E-state index is 0.0524. The molecule has 1 aromatic carbocycles. The molecule has 14 nitrogen and oxygen atoms in total. The molecular weight excluding hydrogens is 948 g/mol. The number of ketones is 2. The Morgan fingerprint density at radius 3 is 2.34 bits per heavy atom. The zero-order valence-corrected chi connectivity index (χ0v) is 44.0. The minimum Gasteiger partial charge on any atom is -0.461 e. The number of benzene rings is 1. The van der Waals surface area contributed by atoms with Crippen LogP contribution < -0.4 is 11.1 Å². The molecule has 2 bridgehead atoms. The van der Waals surface area contributed by atoms with Crippen molar-refractivity contribution >= 4 is 29.1 Å². The molecule has 0 spiro atoms. The Kier molecular flexibility index (Phi) is 22.1. The number of alkyl halides is 3. The first-order valence-electron chi connectivity index (χ1n) is 26.3. The lowest BCUT2D eigenvalue weighted by molar-refractivity contribution is -0.263. The van der Waals surface area contributed by atoms with Crippen molar-refractivity contribution in [2.75, 3.05) is 26.1 Å². The number of fused-ring (bicyclic) bond motifs is 3. The number of carbonyl (C=O) groups excluding carboxylic acids is 4. The third-order valence-electron chi connectivity index (χ3n) is 15.6. The summed E-state index contributed by atoms with van der Waals surface area (Å²) in [4.78, 5) is 58.3. The van der Waals surface area contributed by atoms with Crippen molar-refractivity contribution in [2.45, 2.75) is 192 Å². The topological polar surface area (TPSA) is 207 Å². The molecule has 6 N–H and O–H groups in total. The summed E-state index contributed by atoms with van der Waals surface area (Å²) in [5, 5.41) is 37.4. The number of nitrogens with two attached hydrogens (primary N) is 1. The van der Waals surface area contributed by atoms with Gasteiger partial charge in [-0.3, -0.25) is 14.4 Å². The molecule has 3 aliphatic heterocycles. The van der Waals surface area contributed by atoms with E-state index in [1.807, 2.05) is 26.0 Å². The molecule has 1 amide bonds. The number of methoxy groups -OCH3 is 2. The van der Waals surface area contributed by atoms with Gasteiger partial charge in [0.2, 0.25) is 5.79 Å². The van der Waals surface area contributed by atoms with Gasteiger partial charge in [0.05, 0.1) is 23.9 Å². The van der Waals surface area contributed by atoms with Crippen LogP contribution in [-0.2, 0) is 44.3 Å². The van der Waals surface area contributed by atoms with Crippen molar-refractivity contribution in [2.24, 2.45) is 35.3 Å². The number of halogens is 3. The number of esters is 1. The number of piperidine rings is 1. The molecule has 4 aliphatic rings. The van der Waals surface area contributed by atoms with Gasteiger partial charge in [-0.15, -0.1) is 0 Å². The SMILES string of the molecule is CO[C@@H]1CC(C[C@@H](C)[C@@H]2CC[C@H](N)/C=C(\C)[C@@H](O)[C@@H](OC)C(=O)[C@H](C)C[C@H](C)/C=C/C=C/C=C(\C)[C@@H](Nc3cccc(C(F)(F)F)c3)C[C@@H]3CC[C@@H](C)[C@@](O)(O3)C(=O)C(=O)N3CCCC[C@H]3C(=O)O2)CC[C@H]1O. The molecule has 0 aromatic heterocycles. The smallest absolute Gasteiger partial charge is 0.416 e. The third kappa shape index (κ3) is 16.1. The van der Waals surface area contributed by atoms with Crippen LogP contribution in [0.5, 0.6) is 0 Å². The highest BCUT2D eigenvalue weighted by molar-refractivity contribution is 6.39. The summed E-state index contributed by atoms with van der Waals surface area (Å²) >= 11 is 0. The Balaban J connectivity index is 1.50. The number of aliphatic hydroxyl groups is 3. The average Bonchev–Trinajstić information content (AvgIpc) is 3.35. The lowest BCUT2D eigenvalue weighted by Crippen LogP contribution is -2.61. The zero-order chi connectivity index (χ0) is 53.8. The van der Waals surface area contributed by atoms with Crippen LogP contribution in [0, 0.1) is 29.6 Å². The molecule has 15 atom stereocenters.